The fourth-order valence-corrected chi connectivity index (χ4v) is 2.62. The molecule has 1 N–H and O–H groups in total. The summed E-state index contributed by atoms with van der Waals surface area (Å²) < 4.78 is 10.8. The van der Waals surface area contributed by atoms with Crippen LogP contribution in [0.5, 0.6) is 0 Å². The second-order valence-corrected chi connectivity index (χ2v) is 5.65. The highest BCUT2D eigenvalue weighted by Crippen LogP contribution is 2.33. The Morgan fingerprint density at radius 1 is 1.48 bits per heavy atom. The Bertz CT molecular complexity index is 690. The van der Waals surface area contributed by atoms with Crippen molar-refractivity contribution in [1.29, 1.82) is 0 Å². The average Bonchev–Trinajstić information content (AvgIpc) is 3.15. The predicted octanol–water partition coefficient (Wildman–Crippen LogP) is 2.42. The van der Waals surface area contributed by atoms with E-state index in [1.54, 1.807) is 31.1 Å². The molecule has 0 saturated carbocycles. The third-order valence-electron chi connectivity index (χ3n) is 3.65. The summed E-state index contributed by atoms with van der Waals surface area (Å²) in [6.07, 6.45) is 1.98. The molecule has 2 amide bonds. The average molecular weight is 338 g/mol. The van der Waals surface area contributed by atoms with E-state index in [4.69, 9.17) is 20.8 Å². The lowest BCUT2D eigenvalue weighted by molar-refractivity contribution is 0.111. The predicted molar refractivity (Wildman–Crippen MR) is 82.2 cm³/mol. The van der Waals surface area contributed by atoms with Crippen molar-refractivity contribution in [1.82, 2.24) is 20.1 Å². The van der Waals surface area contributed by atoms with Gasteiger partial charge in [0.15, 0.2) is 0 Å². The van der Waals surface area contributed by atoms with Crippen LogP contribution < -0.4 is 5.32 Å². The lowest BCUT2D eigenvalue weighted by Crippen LogP contribution is -2.36. The van der Waals surface area contributed by atoms with E-state index in [1.165, 1.54) is 6.20 Å². The largest absolute Gasteiger partial charge is 0.423 e. The van der Waals surface area contributed by atoms with Crippen molar-refractivity contribution in [3.63, 3.8) is 0 Å². The highest BCUT2D eigenvalue weighted by Gasteiger charge is 2.39. The zero-order chi connectivity index (χ0) is 16.4. The van der Waals surface area contributed by atoms with Crippen molar-refractivity contribution in [2.75, 3.05) is 19.0 Å². The SMILES string of the molecule is CO[C@H]1C[C@H](c2nnc(C)o2)N(C(=O)Nc2ccc(Cl)cn2)C1. The summed E-state index contributed by atoms with van der Waals surface area (Å²) in [5, 5.41) is 11.1. The molecule has 2 aromatic rings. The van der Waals surface area contributed by atoms with Gasteiger partial charge in [0.25, 0.3) is 0 Å². The topological polar surface area (TPSA) is 93.4 Å². The second-order valence-electron chi connectivity index (χ2n) is 5.21. The molecule has 8 nitrogen and oxygen atoms in total. The summed E-state index contributed by atoms with van der Waals surface area (Å²) in [6.45, 7) is 2.14. The van der Waals surface area contributed by atoms with Gasteiger partial charge in [0, 0.05) is 33.2 Å². The Morgan fingerprint density at radius 2 is 2.30 bits per heavy atom. The van der Waals surface area contributed by atoms with Crippen LogP contribution in [0.15, 0.2) is 22.7 Å². The lowest BCUT2D eigenvalue weighted by Gasteiger charge is -2.21. The monoisotopic (exact) mass is 337 g/mol. The molecule has 3 heterocycles. The molecule has 3 rings (SSSR count). The number of rotatable bonds is 3. The Hall–Kier alpha value is -2.19. The molecule has 0 aromatic carbocycles. The van der Waals surface area contributed by atoms with E-state index in [0.717, 1.165) is 0 Å². The number of anilines is 1. The summed E-state index contributed by atoms with van der Waals surface area (Å²) in [5.41, 5.74) is 0. The minimum Gasteiger partial charge on any atom is -0.423 e. The standard InChI is InChI=1S/C14H16ClN5O3/c1-8-18-19-13(23-8)11-5-10(22-2)7-20(11)14(21)17-12-4-3-9(15)6-16-12/h3-4,6,10-11H,5,7H2,1-2H3,(H,16,17,21)/t10-,11+/m0/s1. The van der Waals surface area contributed by atoms with Gasteiger partial charge in [-0.2, -0.15) is 0 Å². The molecular formula is C14H16ClN5O3. The number of likely N-dealkylation sites (tertiary alicyclic amines) is 1. The third-order valence-corrected chi connectivity index (χ3v) is 3.87. The highest BCUT2D eigenvalue weighted by molar-refractivity contribution is 6.30. The van der Waals surface area contributed by atoms with E-state index in [1.807, 2.05) is 0 Å². The number of urea groups is 1. The number of nitrogens with one attached hydrogen (secondary N) is 1. The fourth-order valence-electron chi connectivity index (χ4n) is 2.50. The maximum atomic E-state index is 12.5. The first-order valence-corrected chi connectivity index (χ1v) is 7.46. The van der Waals surface area contributed by atoms with Crippen LogP contribution in [-0.2, 0) is 4.74 Å². The van der Waals surface area contributed by atoms with Gasteiger partial charge >= 0.3 is 6.03 Å². The van der Waals surface area contributed by atoms with Gasteiger partial charge in [-0.15, -0.1) is 10.2 Å². The molecule has 1 aliphatic heterocycles. The number of carbonyl (C=O) groups excluding carboxylic acids is 1. The number of ether oxygens (including phenoxy) is 1. The summed E-state index contributed by atoms with van der Waals surface area (Å²) in [5.74, 6) is 1.28. The van der Waals surface area contributed by atoms with E-state index in [2.05, 4.69) is 20.5 Å². The molecule has 2 atom stereocenters. The van der Waals surface area contributed by atoms with Gasteiger partial charge in [-0.05, 0) is 12.1 Å². The maximum absolute atomic E-state index is 12.5. The minimum atomic E-state index is -0.326. The van der Waals surface area contributed by atoms with Gasteiger partial charge in [-0.3, -0.25) is 5.32 Å². The van der Waals surface area contributed by atoms with Crippen LogP contribution in [0.4, 0.5) is 10.6 Å². The van der Waals surface area contributed by atoms with E-state index >= 15 is 0 Å². The van der Waals surface area contributed by atoms with Crippen molar-refractivity contribution in [2.45, 2.75) is 25.5 Å². The maximum Gasteiger partial charge on any atom is 0.323 e. The molecule has 1 saturated heterocycles. The number of halogens is 1. The Kier molecular flexibility index (Phi) is 4.44. The molecule has 9 heteroatoms. The minimum absolute atomic E-state index is 0.0869. The van der Waals surface area contributed by atoms with Gasteiger partial charge < -0.3 is 14.1 Å². The smallest absolute Gasteiger partial charge is 0.323 e. The molecule has 122 valence electrons. The number of nitrogens with zero attached hydrogens (tertiary/aromatic N) is 4. The molecule has 0 unspecified atom stereocenters. The number of hydrogen-bond donors (Lipinski definition) is 1. The van der Waals surface area contributed by atoms with Crippen LogP contribution in [0.25, 0.3) is 0 Å². The molecule has 0 bridgehead atoms. The van der Waals surface area contributed by atoms with E-state index < -0.39 is 0 Å². The summed E-state index contributed by atoms with van der Waals surface area (Å²) in [7, 11) is 1.61. The van der Waals surface area contributed by atoms with Crippen molar-refractivity contribution in [2.24, 2.45) is 0 Å². The number of amides is 2. The molecule has 1 aliphatic rings. The summed E-state index contributed by atoms with van der Waals surface area (Å²) >= 11 is 5.79. The quantitative estimate of drug-likeness (QED) is 0.924. The number of aryl methyl sites for hydroxylation is 1. The number of methoxy groups -OCH3 is 1. The number of aromatic nitrogens is 3. The lowest BCUT2D eigenvalue weighted by atomic mass is 10.2. The van der Waals surface area contributed by atoms with Crippen LogP contribution in [0.1, 0.15) is 24.2 Å². The second kappa shape index (κ2) is 6.51. The van der Waals surface area contributed by atoms with Crippen molar-refractivity contribution < 1.29 is 13.9 Å². The van der Waals surface area contributed by atoms with Crippen molar-refractivity contribution >= 4 is 23.4 Å². The Labute approximate surface area is 137 Å². The van der Waals surface area contributed by atoms with Gasteiger partial charge in [-0.25, -0.2) is 9.78 Å². The molecule has 0 radical (unpaired) electrons. The van der Waals surface area contributed by atoms with Gasteiger partial charge in [0.2, 0.25) is 11.8 Å². The van der Waals surface area contributed by atoms with Crippen molar-refractivity contribution in [3.8, 4) is 0 Å². The number of hydrogen-bond acceptors (Lipinski definition) is 6. The zero-order valence-electron chi connectivity index (χ0n) is 12.7. The number of pyridine rings is 1. The van der Waals surface area contributed by atoms with Crippen LogP contribution in [0, 0.1) is 6.92 Å². The molecule has 23 heavy (non-hydrogen) atoms. The van der Waals surface area contributed by atoms with Gasteiger partial charge in [-0.1, -0.05) is 11.6 Å². The van der Waals surface area contributed by atoms with Crippen LogP contribution in [0.3, 0.4) is 0 Å². The van der Waals surface area contributed by atoms with E-state index in [9.17, 15) is 4.79 Å². The normalized spacial score (nSPS) is 20.7. The number of carbonyl (C=O) groups is 1. The van der Waals surface area contributed by atoms with Crippen molar-refractivity contribution in [3.05, 3.63) is 35.1 Å². The summed E-state index contributed by atoms with van der Waals surface area (Å²) in [6, 6.07) is 2.66. The molecule has 0 spiro atoms. The van der Waals surface area contributed by atoms with E-state index in [-0.39, 0.29) is 18.2 Å². The van der Waals surface area contributed by atoms with Crippen LogP contribution >= 0.6 is 11.6 Å². The van der Waals surface area contributed by atoms with Gasteiger partial charge in [0.1, 0.15) is 11.9 Å². The first kappa shape index (κ1) is 15.7. The Balaban J connectivity index is 1.77. The fraction of sp³-hybridized carbons (Fsp3) is 0.429. The highest BCUT2D eigenvalue weighted by atomic mass is 35.5. The Morgan fingerprint density at radius 3 is 2.91 bits per heavy atom. The molecule has 1 fully saturated rings. The zero-order valence-corrected chi connectivity index (χ0v) is 13.4. The molecule has 0 aliphatic carbocycles. The first-order valence-electron chi connectivity index (χ1n) is 7.09. The summed E-state index contributed by atoms with van der Waals surface area (Å²) in [4.78, 5) is 18.2. The molecule has 2 aromatic heterocycles. The first-order chi connectivity index (χ1) is 11.1. The van der Waals surface area contributed by atoms with Crippen LogP contribution in [0.2, 0.25) is 5.02 Å². The van der Waals surface area contributed by atoms with E-state index in [0.29, 0.717) is 35.6 Å². The third kappa shape index (κ3) is 3.43. The van der Waals surface area contributed by atoms with Gasteiger partial charge in [0.05, 0.1) is 11.1 Å². The molecular weight excluding hydrogens is 322 g/mol. The van der Waals surface area contributed by atoms with Crippen LogP contribution in [-0.4, -0.2) is 45.9 Å².